The van der Waals surface area contributed by atoms with Gasteiger partial charge in [-0.05, 0) is 48.2 Å². The minimum Gasteiger partial charge on any atom is -0.492 e. The Morgan fingerprint density at radius 2 is 2.10 bits per heavy atom. The van der Waals surface area contributed by atoms with Crippen LogP contribution in [0.3, 0.4) is 0 Å². The molecule has 154 valence electrons. The number of aromatic nitrogens is 1. The summed E-state index contributed by atoms with van der Waals surface area (Å²) < 4.78 is 28.8. The van der Waals surface area contributed by atoms with Crippen molar-refractivity contribution in [2.24, 2.45) is 11.8 Å². The molecule has 0 N–H and O–H groups in total. The van der Waals surface area contributed by atoms with E-state index < -0.39 is 9.84 Å². The first-order valence-corrected chi connectivity index (χ1v) is 11.7. The summed E-state index contributed by atoms with van der Waals surface area (Å²) >= 11 is 6.08. The normalized spacial score (nSPS) is 19.8. The van der Waals surface area contributed by atoms with Gasteiger partial charge in [0.1, 0.15) is 5.75 Å². The van der Waals surface area contributed by atoms with Crippen LogP contribution in [0.5, 0.6) is 5.75 Å². The van der Waals surface area contributed by atoms with Gasteiger partial charge in [-0.2, -0.15) is 5.26 Å². The van der Waals surface area contributed by atoms with Crippen molar-refractivity contribution in [3.8, 4) is 11.8 Å². The van der Waals surface area contributed by atoms with Gasteiger partial charge in [-0.1, -0.05) is 18.5 Å². The molecule has 2 unspecified atom stereocenters. The average molecular weight is 434 g/mol. The molecule has 1 aromatic heterocycles. The molecule has 0 aliphatic carbocycles. The summed E-state index contributed by atoms with van der Waals surface area (Å²) in [7, 11) is -3.30. The number of halogens is 1. The number of hydrogen-bond donors (Lipinski definition) is 0. The van der Waals surface area contributed by atoms with Gasteiger partial charge in [0.15, 0.2) is 14.9 Å². The van der Waals surface area contributed by atoms with Crippen LogP contribution in [-0.4, -0.2) is 50.8 Å². The Kier molecular flexibility index (Phi) is 6.78. The third-order valence-corrected chi connectivity index (χ3v) is 6.42. The maximum atomic E-state index is 11.5. The summed E-state index contributed by atoms with van der Waals surface area (Å²) in [6.07, 6.45) is 3.43. The lowest BCUT2D eigenvalue weighted by Gasteiger charge is -2.17. The minimum absolute atomic E-state index is 0.0471. The molecule has 0 amide bonds. The van der Waals surface area contributed by atoms with Gasteiger partial charge in [0.2, 0.25) is 0 Å². The van der Waals surface area contributed by atoms with Crippen molar-refractivity contribution in [3.05, 3.63) is 52.7 Å². The predicted molar refractivity (Wildman–Crippen MR) is 112 cm³/mol. The maximum absolute atomic E-state index is 11.5. The molecule has 2 aromatic rings. The van der Waals surface area contributed by atoms with Gasteiger partial charge in [0.25, 0.3) is 0 Å². The summed E-state index contributed by atoms with van der Waals surface area (Å²) in [5.41, 5.74) is 1.66. The van der Waals surface area contributed by atoms with Crippen LogP contribution in [0.1, 0.15) is 18.1 Å². The Balaban J connectivity index is 1.51. The standard InChI is InChI=1S/C21H24ClN3O3S/c1-15-12-25(6-5-16-7-17(10-23)9-19(22)8-16)13-18(15)14-28-20-3-4-21(24-11-20)29(2,26)27/h3-4,7-9,11,15,18H,5-6,12-14H2,1-2H3. The largest absolute Gasteiger partial charge is 0.492 e. The number of rotatable bonds is 7. The molecule has 0 spiro atoms. The zero-order chi connectivity index (χ0) is 21.0. The van der Waals surface area contributed by atoms with Crippen LogP contribution in [0.15, 0.2) is 41.6 Å². The Labute approximate surface area is 177 Å². The third-order valence-electron chi connectivity index (χ3n) is 5.20. The van der Waals surface area contributed by atoms with E-state index >= 15 is 0 Å². The lowest BCUT2D eigenvalue weighted by Crippen LogP contribution is -2.24. The van der Waals surface area contributed by atoms with Gasteiger partial charge in [0.05, 0.1) is 24.4 Å². The Morgan fingerprint density at radius 1 is 1.31 bits per heavy atom. The van der Waals surface area contributed by atoms with E-state index in [2.05, 4.69) is 22.9 Å². The van der Waals surface area contributed by atoms with Gasteiger partial charge in [-0.3, -0.25) is 0 Å². The fourth-order valence-electron chi connectivity index (χ4n) is 3.56. The van der Waals surface area contributed by atoms with Gasteiger partial charge in [-0.25, -0.2) is 13.4 Å². The van der Waals surface area contributed by atoms with E-state index in [-0.39, 0.29) is 5.03 Å². The highest BCUT2D eigenvalue weighted by Gasteiger charge is 2.29. The van der Waals surface area contributed by atoms with Crippen molar-refractivity contribution >= 4 is 21.4 Å². The molecule has 2 heterocycles. The molecular formula is C21H24ClN3O3S. The zero-order valence-electron chi connectivity index (χ0n) is 16.5. The highest BCUT2D eigenvalue weighted by atomic mass is 35.5. The molecule has 2 atom stereocenters. The van der Waals surface area contributed by atoms with Crippen molar-refractivity contribution < 1.29 is 13.2 Å². The Bertz CT molecular complexity index is 1000. The van der Waals surface area contributed by atoms with Crippen LogP contribution in [-0.2, 0) is 16.3 Å². The topological polar surface area (TPSA) is 83.3 Å². The van der Waals surface area contributed by atoms with Gasteiger partial charge >= 0.3 is 0 Å². The molecule has 0 bridgehead atoms. The van der Waals surface area contributed by atoms with Crippen molar-refractivity contribution in [1.82, 2.24) is 9.88 Å². The molecule has 1 aliphatic rings. The monoisotopic (exact) mass is 433 g/mol. The first kappa shape index (κ1) is 21.6. The molecule has 1 fully saturated rings. The van der Waals surface area contributed by atoms with Crippen molar-refractivity contribution in [1.29, 1.82) is 5.26 Å². The highest BCUT2D eigenvalue weighted by molar-refractivity contribution is 7.90. The van der Waals surface area contributed by atoms with Crippen LogP contribution >= 0.6 is 11.6 Å². The Morgan fingerprint density at radius 3 is 2.76 bits per heavy atom. The van der Waals surface area contributed by atoms with Crippen molar-refractivity contribution in [3.63, 3.8) is 0 Å². The number of pyridine rings is 1. The van der Waals surface area contributed by atoms with Crippen molar-refractivity contribution in [2.45, 2.75) is 18.4 Å². The van der Waals surface area contributed by atoms with E-state index in [9.17, 15) is 8.42 Å². The molecular weight excluding hydrogens is 410 g/mol. The first-order valence-electron chi connectivity index (χ1n) is 9.45. The summed E-state index contributed by atoms with van der Waals surface area (Å²) in [5, 5.41) is 9.72. The average Bonchev–Trinajstić information content (AvgIpc) is 3.03. The summed E-state index contributed by atoms with van der Waals surface area (Å²) in [4.78, 5) is 6.36. The number of nitriles is 1. The van der Waals surface area contributed by atoms with E-state index in [0.29, 0.717) is 34.8 Å². The second-order valence-corrected chi connectivity index (χ2v) is 10.0. The number of likely N-dealkylation sites (tertiary alicyclic amines) is 1. The lowest BCUT2D eigenvalue weighted by atomic mass is 9.99. The van der Waals surface area contributed by atoms with Gasteiger partial charge in [0, 0.05) is 36.8 Å². The highest BCUT2D eigenvalue weighted by Crippen LogP contribution is 2.25. The molecule has 8 heteroatoms. The second kappa shape index (κ2) is 9.12. The third kappa shape index (κ3) is 5.92. The number of ether oxygens (including phenoxy) is 1. The first-order chi connectivity index (χ1) is 13.7. The van der Waals surface area contributed by atoms with Crippen LogP contribution in [0.4, 0.5) is 0 Å². The van der Waals surface area contributed by atoms with Gasteiger partial charge in [-0.15, -0.1) is 0 Å². The van der Waals surface area contributed by atoms with E-state index in [1.54, 1.807) is 12.1 Å². The molecule has 1 saturated heterocycles. The van der Waals surface area contributed by atoms with E-state index in [4.69, 9.17) is 21.6 Å². The maximum Gasteiger partial charge on any atom is 0.192 e. The number of sulfone groups is 1. The molecule has 0 radical (unpaired) electrons. The predicted octanol–water partition coefficient (Wildman–Crippen LogP) is 3.20. The fourth-order valence-corrected chi connectivity index (χ4v) is 4.38. The molecule has 1 aromatic carbocycles. The molecule has 1 aliphatic heterocycles. The molecule has 29 heavy (non-hydrogen) atoms. The second-order valence-electron chi connectivity index (χ2n) is 7.62. The van der Waals surface area contributed by atoms with E-state index in [0.717, 1.165) is 37.9 Å². The van der Waals surface area contributed by atoms with Crippen LogP contribution in [0.2, 0.25) is 5.02 Å². The summed E-state index contributed by atoms with van der Waals surface area (Å²) in [5.74, 6) is 1.46. The lowest BCUT2D eigenvalue weighted by molar-refractivity contribution is 0.224. The molecule has 0 saturated carbocycles. The quantitative estimate of drug-likeness (QED) is 0.666. The van der Waals surface area contributed by atoms with Crippen LogP contribution in [0.25, 0.3) is 0 Å². The van der Waals surface area contributed by atoms with E-state index in [1.807, 2.05) is 12.1 Å². The van der Waals surface area contributed by atoms with E-state index in [1.165, 1.54) is 12.3 Å². The molecule has 3 rings (SSSR count). The zero-order valence-corrected chi connectivity index (χ0v) is 18.1. The Hall–Kier alpha value is -2.14. The summed E-state index contributed by atoms with van der Waals surface area (Å²) in [6.45, 7) is 5.60. The van der Waals surface area contributed by atoms with Gasteiger partial charge < -0.3 is 9.64 Å². The molecule has 6 nitrogen and oxygen atoms in total. The fraction of sp³-hybridized carbons (Fsp3) is 0.429. The van der Waals surface area contributed by atoms with Crippen LogP contribution < -0.4 is 4.74 Å². The SMILES string of the molecule is CC1CN(CCc2cc(Cl)cc(C#N)c2)CC1COc1ccc(S(C)(=O)=O)nc1. The summed E-state index contributed by atoms with van der Waals surface area (Å²) in [6, 6.07) is 10.7. The minimum atomic E-state index is -3.30. The number of benzene rings is 1. The smallest absolute Gasteiger partial charge is 0.192 e. The van der Waals surface area contributed by atoms with Crippen molar-refractivity contribution in [2.75, 3.05) is 32.5 Å². The number of nitrogens with zero attached hydrogens (tertiary/aromatic N) is 3. The van der Waals surface area contributed by atoms with Crippen LogP contribution in [0, 0.1) is 23.2 Å². The number of hydrogen-bond acceptors (Lipinski definition) is 6.